The van der Waals surface area contributed by atoms with E-state index in [1.807, 2.05) is 12.2 Å². The molecular formula is C43H32N2. The van der Waals surface area contributed by atoms with Crippen molar-refractivity contribution in [3.63, 3.8) is 0 Å². The van der Waals surface area contributed by atoms with Crippen molar-refractivity contribution in [2.45, 2.75) is 6.92 Å². The number of para-hydroxylation sites is 1. The van der Waals surface area contributed by atoms with E-state index in [1.54, 1.807) is 6.08 Å². The van der Waals surface area contributed by atoms with Gasteiger partial charge in [0.2, 0.25) is 0 Å². The predicted octanol–water partition coefficient (Wildman–Crippen LogP) is 11.9. The molecule has 1 aromatic heterocycles. The second kappa shape index (κ2) is 10.7. The number of anilines is 1. The van der Waals surface area contributed by atoms with Gasteiger partial charge in [0.15, 0.2) is 0 Å². The number of benzene rings is 7. The molecular weight excluding hydrogens is 544 g/mol. The fraction of sp³-hybridized carbons (Fsp3) is 0.0233. The first kappa shape index (κ1) is 26.7. The Kier molecular flexibility index (Phi) is 6.36. The Hall–Kier alpha value is -5.86. The summed E-state index contributed by atoms with van der Waals surface area (Å²) in [5.74, 6) is 0. The lowest BCUT2D eigenvalue weighted by Crippen LogP contribution is -1.97. The molecule has 0 atom stereocenters. The Morgan fingerprint density at radius 1 is 0.578 bits per heavy atom. The molecule has 8 rings (SSSR count). The summed E-state index contributed by atoms with van der Waals surface area (Å²) < 4.78 is 2.42. The molecule has 0 aliphatic rings. The molecule has 2 heteroatoms. The molecule has 0 fully saturated rings. The third-order valence-corrected chi connectivity index (χ3v) is 8.95. The zero-order valence-corrected chi connectivity index (χ0v) is 25.2. The van der Waals surface area contributed by atoms with E-state index in [9.17, 15) is 0 Å². The fourth-order valence-corrected chi connectivity index (χ4v) is 6.85. The third-order valence-electron chi connectivity index (χ3n) is 8.95. The van der Waals surface area contributed by atoms with Crippen molar-refractivity contribution in [1.29, 1.82) is 0 Å². The molecule has 1 heterocycles. The SMILES string of the molecule is C=C/C=C\C(=C)Nc1ccc(-c2ccc3c(c2)c2ccccc2n3-c2ccc3c4ccccc4c4ccccc4c3c2)cc1C. The van der Waals surface area contributed by atoms with Crippen LogP contribution in [0.2, 0.25) is 0 Å². The topological polar surface area (TPSA) is 17.0 Å². The van der Waals surface area contributed by atoms with Gasteiger partial charge < -0.3 is 9.88 Å². The summed E-state index contributed by atoms with van der Waals surface area (Å²) in [5.41, 5.74) is 9.00. The summed E-state index contributed by atoms with van der Waals surface area (Å²) >= 11 is 0. The molecule has 45 heavy (non-hydrogen) atoms. The number of hydrogen-bond acceptors (Lipinski definition) is 1. The van der Waals surface area contributed by atoms with Crippen LogP contribution in [0.4, 0.5) is 5.69 Å². The van der Waals surface area contributed by atoms with Crippen LogP contribution in [-0.4, -0.2) is 4.57 Å². The second-order valence-corrected chi connectivity index (χ2v) is 11.7. The van der Waals surface area contributed by atoms with Crippen LogP contribution < -0.4 is 5.32 Å². The minimum atomic E-state index is 0.829. The maximum Gasteiger partial charge on any atom is 0.0541 e. The number of nitrogens with zero attached hydrogens (tertiary/aromatic N) is 1. The molecule has 0 radical (unpaired) electrons. The lowest BCUT2D eigenvalue weighted by molar-refractivity contribution is 1.19. The van der Waals surface area contributed by atoms with Gasteiger partial charge in [0.1, 0.15) is 0 Å². The highest BCUT2D eigenvalue weighted by Crippen LogP contribution is 2.39. The van der Waals surface area contributed by atoms with Crippen LogP contribution in [0.15, 0.2) is 164 Å². The van der Waals surface area contributed by atoms with Crippen molar-refractivity contribution in [2.75, 3.05) is 5.32 Å². The van der Waals surface area contributed by atoms with E-state index in [-0.39, 0.29) is 0 Å². The molecule has 0 bridgehead atoms. The number of aryl methyl sites for hydroxylation is 1. The minimum absolute atomic E-state index is 0.829. The van der Waals surface area contributed by atoms with Gasteiger partial charge in [-0.3, -0.25) is 0 Å². The minimum Gasteiger partial charge on any atom is -0.356 e. The van der Waals surface area contributed by atoms with Gasteiger partial charge in [-0.05, 0) is 104 Å². The van der Waals surface area contributed by atoms with E-state index in [4.69, 9.17) is 0 Å². The van der Waals surface area contributed by atoms with Crippen molar-refractivity contribution < 1.29 is 0 Å². The van der Waals surface area contributed by atoms with Gasteiger partial charge in [-0.1, -0.05) is 110 Å². The highest BCUT2D eigenvalue weighted by molar-refractivity contribution is 6.25. The molecule has 214 valence electrons. The summed E-state index contributed by atoms with van der Waals surface area (Å²) in [6.45, 7) is 9.97. The molecule has 0 amide bonds. The third kappa shape index (κ3) is 4.42. The van der Waals surface area contributed by atoms with E-state index in [0.717, 1.165) is 11.4 Å². The first-order valence-corrected chi connectivity index (χ1v) is 15.3. The highest BCUT2D eigenvalue weighted by atomic mass is 15.0. The molecule has 0 aliphatic carbocycles. The Morgan fingerprint density at radius 2 is 1.16 bits per heavy atom. The maximum absolute atomic E-state index is 4.10. The highest BCUT2D eigenvalue weighted by Gasteiger charge is 2.15. The molecule has 0 saturated carbocycles. The van der Waals surface area contributed by atoms with E-state index in [2.05, 4.69) is 157 Å². The summed E-state index contributed by atoms with van der Waals surface area (Å²) in [4.78, 5) is 0. The monoisotopic (exact) mass is 576 g/mol. The van der Waals surface area contributed by atoms with Gasteiger partial charge in [-0.2, -0.15) is 0 Å². The maximum atomic E-state index is 4.10. The van der Waals surface area contributed by atoms with Crippen LogP contribution in [-0.2, 0) is 0 Å². The van der Waals surface area contributed by atoms with Crippen LogP contribution in [0.1, 0.15) is 5.56 Å². The Labute approximate surface area is 262 Å². The fourth-order valence-electron chi connectivity index (χ4n) is 6.85. The number of allylic oxidation sites excluding steroid dienone is 3. The van der Waals surface area contributed by atoms with Gasteiger partial charge in [0, 0.05) is 27.8 Å². The molecule has 7 aromatic carbocycles. The molecule has 0 saturated heterocycles. The molecule has 0 aliphatic heterocycles. The summed E-state index contributed by atoms with van der Waals surface area (Å²) in [7, 11) is 0. The summed E-state index contributed by atoms with van der Waals surface area (Å²) in [5, 5.41) is 13.6. The van der Waals surface area contributed by atoms with Gasteiger partial charge in [-0.15, -0.1) is 0 Å². The van der Waals surface area contributed by atoms with Gasteiger partial charge in [0.25, 0.3) is 0 Å². The molecule has 0 spiro atoms. The Bertz CT molecular complexity index is 2470. The van der Waals surface area contributed by atoms with Crippen molar-refractivity contribution in [1.82, 2.24) is 4.57 Å². The zero-order valence-electron chi connectivity index (χ0n) is 25.2. The van der Waals surface area contributed by atoms with E-state index in [1.165, 1.54) is 76.5 Å². The van der Waals surface area contributed by atoms with Crippen molar-refractivity contribution in [2.24, 2.45) is 0 Å². The first-order valence-electron chi connectivity index (χ1n) is 15.3. The molecule has 2 nitrogen and oxygen atoms in total. The average molecular weight is 577 g/mol. The predicted molar refractivity (Wildman–Crippen MR) is 196 cm³/mol. The van der Waals surface area contributed by atoms with Crippen LogP contribution in [0.3, 0.4) is 0 Å². The Balaban J connectivity index is 1.29. The summed E-state index contributed by atoms with van der Waals surface area (Å²) in [6.07, 6.45) is 5.55. The van der Waals surface area contributed by atoms with Crippen LogP contribution >= 0.6 is 0 Å². The smallest absolute Gasteiger partial charge is 0.0541 e. The van der Waals surface area contributed by atoms with Crippen molar-refractivity contribution in [3.05, 3.63) is 170 Å². The van der Waals surface area contributed by atoms with Crippen molar-refractivity contribution >= 4 is 59.8 Å². The normalized spacial score (nSPS) is 11.8. The van der Waals surface area contributed by atoms with E-state index >= 15 is 0 Å². The lowest BCUT2D eigenvalue weighted by Gasteiger charge is -2.14. The van der Waals surface area contributed by atoms with Gasteiger partial charge in [-0.25, -0.2) is 0 Å². The molecule has 8 aromatic rings. The standard InChI is InChI=1S/C43H32N2/c1-4-5-12-29(3)44-41-23-19-30(25-28(41)2)31-20-24-43-40(26-31)38-17-10-11-18-42(38)45(43)32-21-22-37-35-15-7-6-13-33(35)34-14-8-9-16-36(34)39(37)27-32/h4-27,44H,1,3H2,2H3/b12-5-. The summed E-state index contributed by atoms with van der Waals surface area (Å²) in [6, 6.07) is 46.6. The second-order valence-electron chi connectivity index (χ2n) is 11.7. The average Bonchev–Trinajstić information content (AvgIpc) is 3.42. The number of aromatic nitrogens is 1. The largest absolute Gasteiger partial charge is 0.356 e. The molecule has 0 unspecified atom stereocenters. The number of nitrogens with one attached hydrogen (secondary N) is 1. The number of hydrogen-bond donors (Lipinski definition) is 1. The van der Waals surface area contributed by atoms with Gasteiger partial charge >= 0.3 is 0 Å². The van der Waals surface area contributed by atoms with Crippen LogP contribution in [0.25, 0.3) is 70.9 Å². The van der Waals surface area contributed by atoms with Crippen molar-refractivity contribution in [3.8, 4) is 16.8 Å². The first-order chi connectivity index (χ1) is 22.1. The number of rotatable bonds is 6. The Morgan fingerprint density at radius 3 is 1.84 bits per heavy atom. The zero-order chi connectivity index (χ0) is 30.5. The van der Waals surface area contributed by atoms with Gasteiger partial charge in [0.05, 0.1) is 11.0 Å². The lowest BCUT2D eigenvalue weighted by atomic mass is 9.94. The van der Waals surface area contributed by atoms with E-state index < -0.39 is 0 Å². The quantitative estimate of drug-likeness (QED) is 0.154. The van der Waals surface area contributed by atoms with Crippen LogP contribution in [0, 0.1) is 6.92 Å². The molecule has 1 N–H and O–H groups in total. The number of fused-ring (bicyclic) bond motifs is 9. The van der Waals surface area contributed by atoms with Crippen LogP contribution in [0.5, 0.6) is 0 Å². The van der Waals surface area contributed by atoms with E-state index in [0.29, 0.717) is 0 Å².